The van der Waals surface area contributed by atoms with E-state index in [2.05, 4.69) is 21.3 Å². The summed E-state index contributed by atoms with van der Waals surface area (Å²) in [7, 11) is 0. The predicted octanol–water partition coefficient (Wildman–Crippen LogP) is 2.24. The van der Waals surface area contributed by atoms with Crippen molar-refractivity contribution in [1.29, 1.82) is 5.26 Å². The molecular formula is C20H22N4O2. The van der Waals surface area contributed by atoms with Gasteiger partial charge in [-0.2, -0.15) is 5.26 Å². The Balaban J connectivity index is 1.51. The zero-order valence-electron chi connectivity index (χ0n) is 14.8. The quantitative estimate of drug-likeness (QED) is 0.864. The van der Waals surface area contributed by atoms with Crippen molar-refractivity contribution in [2.24, 2.45) is 0 Å². The normalized spacial score (nSPS) is 16.8. The van der Waals surface area contributed by atoms with E-state index in [4.69, 9.17) is 10.00 Å². The van der Waals surface area contributed by atoms with Crippen molar-refractivity contribution in [2.75, 3.05) is 13.1 Å². The molecule has 2 heterocycles. The number of nitrogens with one attached hydrogen (secondary N) is 1. The number of carbonyl (C=O) groups is 1. The Kier molecular flexibility index (Phi) is 5.82. The predicted molar refractivity (Wildman–Crippen MR) is 97.2 cm³/mol. The van der Waals surface area contributed by atoms with Crippen LogP contribution in [0.5, 0.6) is 5.75 Å². The van der Waals surface area contributed by atoms with E-state index in [9.17, 15) is 4.79 Å². The second kappa shape index (κ2) is 8.45. The highest BCUT2D eigenvalue weighted by molar-refractivity contribution is 5.72. The molecule has 134 valence electrons. The molecule has 1 amide bonds. The summed E-state index contributed by atoms with van der Waals surface area (Å²) < 4.78 is 6.09. The molecule has 1 aliphatic rings. The lowest BCUT2D eigenvalue weighted by molar-refractivity contribution is -0.119. The molecule has 2 aromatic rings. The van der Waals surface area contributed by atoms with Crippen LogP contribution in [0.3, 0.4) is 0 Å². The summed E-state index contributed by atoms with van der Waals surface area (Å²) in [5, 5.41) is 11.6. The average Bonchev–Trinajstić information content (AvgIpc) is 3.08. The number of nitriles is 1. The standard InChI is InChI=1S/C20H22N4O2/c1-15(25)23-12-18-10-19(6-8-22-18)26-20-7-9-24(14-20)13-17-4-2-16(11-21)3-5-17/h2-6,8,10,20H,7,9,12-14H2,1H3,(H,23,25). The monoisotopic (exact) mass is 350 g/mol. The third-order valence-electron chi connectivity index (χ3n) is 4.33. The van der Waals surface area contributed by atoms with Crippen molar-refractivity contribution in [3.63, 3.8) is 0 Å². The molecule has 1 N–H and O–H groups in total. The molecule has 26 heavy (non-hydrogen) atoms. The molecule has 0 spiro atoms. The molecular weight excluding hydrogens is 328 g/mol. The van der Waals surface area contributed by atoms with Crippen LogP contribution in [0.15, 0.2) is 42.6 Å². The van der Waals surface area contributed by atoms with Gasteiger partial charge >= 0.3 is 0 Å². The smallest absolute Gasteiger partial charge is 0.217 e. The zero-order valence-corrected chi connectivity index (χ0v) is 14.8. The number of ether oxygens (including phenoxy) is 1. The van der Waals surface area contributed by atoms with Crippen molar-refractivity contribution in [1.82, 2.24) is 15.2 Å². The number of aromatic nitrogens is 1. The topological polar surface area (TPSA) is 78.2 Å². The van der Waals surface area contributed by atoms with Crippen LogP contribution in [0, 0.1) is 11.3 Å². The maximum Gasteiger partial charge on any atom is 0.217 e. The van der Waals surface area contributed by atoms with Crippen molar-refractivity contribution in [2.45, 2.75) is 32.5 Å². The lowest BCUT2D eigenvalue weighted by Gasteiger charge is -2.17. The Hall–Kier alpha value is -2.91. The maximum absolute atomic E-state index is 11.0. The van der Waals surface area contributed by atoms with Crippen LogP contribution in [0.2, 0.25) is 0 Å². The van der Waals surface area contributed by atoms with Gasteiger partial charge < -0.3 is 10.1 Å². The molecule has 3 rings (SSSR count). The molecule has 1 unspecified atom stereocenters. The lowest BCUT2D eigenvalue weighted by atomic mass is 10.1. The molecule has 0 saturated carbocycles. The molecule has 1 aromatic heterocycles. The SMILES string of the molecule is CC(=O)NCc1cc(OC2CCN(Cc3ccc(C#N)cc3)C2)ccn1. The first-order valence-electron chi connectivity index (χ1n) is 8.70. The highest BCUT2D eigenvalue weighted by Crippen LogP contribution is 2.20. The van der Waals surface area contributed by atoms with E-state index in [-0.39, 0.29) is 12.0 Å². The van der Waals surface area contributed by atoms with Crippen LogP contribution < -0.4 is 10.1 Å². The minimum Gasteiger partial charge on any atom is -0.489 e. The molecule has 1 atom stereocenters. The zero-order chi connectivity index (χ0) is 18.4. The Morgan fingerprint density at radius 1 is 1.38 bits per heavy atom. The number of amides is 1. The van der Waals surface area contributed by atoms with Gasteiger partial charge in [0.05, 0.1) is 23.9 Å². The summed E-state index contributed by atoms with van der Waals surface area (Å²) in [6.07, 6.45) is 2.82. The van der Waals surface area contributed by atoms with E-state index in [0.717, 1.165) is 37.5 Å². The molecule has 0 aliphatic carbocycles. The number of rotatable bonds is 6. The van der Waals surface area contributed by atoms with E-state index in [1.807, 2.05) is 36.4 Å². The first kappa shape index (κ1) is 17.9. The number of likely N-dealkylation sites (tertiary alicyclic amines) is 1. The van der Waals surface area contributed by atoms with Gasteiger partial charge in [0.1, 0.15) is 11.9 Å². The average molecular weight is 350 g/mol. The number of nitrogens with zero attached hydrogens (tertiary/aromatic N) is 3. The van der Waals surface area contributed by atoms with E-state index in [1.165, 1.54) is 12.5 Å². The van der Waals surface area contributed by atoms with Crippen LogP contribution >= 0.6 is 0 Å². The maximum atomic E-state index is 11.0. The fraction of sp³-hybridized carbons (Fsp3) is 0.350. The minimum atomic E-state index is -0.0765. The van der Waals surface area contributed by atoms with Crippen LogP contribution in [0.1, 0.15) is 30.2 Å². The van der Waals surface area contributed by atoms with Gasteiger partial charge in [-0.15, -0.1) is 0 Å². The van der Waals surface area contributed by atoms with Gasteiger partial charge in [0, 0.05) is 38.8 Å². The van der Waals surface area contributed by atoms with Crippen molar-refractivity contribution in [3.8, 4) is 11.8 Å². The van der Waals surface area contributed by atoms with E-state index in [0.29, 0.717) is 12.1 Å². The first-order valence-corrected chi connectivity index (χ1v) is 8.70. The van der Waals surface area contributed by atoms with Crippen LogP contribution in [-0.4, -0.2) is 35.0 Å². The Morgan fingerprint density at radius 2 is 2.19 bits per heavy atom. The number of hydrogen-bond acceptors (Lipinski definition) is 5. The second-order valence-electron chi connectivity index (χ2n) is 6.46. The van der Waals surface area contributed by atoms with Crippen molar-refractivity contribution >= 4 is 5.91 Å². The number of carbonyl (C=O) groups excluding carboxylic acids is 1. The van der Waals surface area contributed by atoms with Crippen LogP contribution in [0.4, 0.5) is 0 Å². The largest absolute Gasteiger partial charge is 0.489 e. The van der Waals surface area contributed by atoms with Gasteiger partial charge in [0.15, 0.2) is 0 Å². The fourth-order valence-corrected chi connectivity index (χ4v) is 3.01. The molecule has 1 saturated heterocycles. The molecule has 1 aromatic carbocycles. The number of hydrogen-bond donors (Lipinski definition) is 1. The summed E-state index contributed by atoms with van der Waals surface area (Å²) in [5.41, 5.74) is 2.67. The second-order valence-corrected chi connectivity index (χ2v) is 6.46. The summed E-state index contributed by atoms with van der Waals surface area (Å²) in [6.45, 7) is 4.59. The minimum absolute atomic E-state index is 0.0765. The summed E-state index contributed by atoms with van der Waals surface area (Å²) in [5.74, 6) is 0.706. The molecule has 6 heteroatoms. The fourth-order valence-electron chi connectivity index (χ4n) is 3.01. The van der Waals surface area contributed by atoms with Gasteiger partial charge in [0.25, 0.3) is 0 Å². The molecule has 0 bridgehead atoms. The third kappa shape index (κ3) is 5.04. The Bertz CT molecular complexity index is 798. The van der Waals surface area contributed by atoms with Crippen molar-refractivity contribution < 1.29 is 9.53 Å². The van der Waals surface area contributed by atoms with Crippen LogP contribution in [0.25, 0.3) is 0 Å². The number of benzene rings is 1. The van der Waals surface area contributed by atoms with Gasteiger partial charge in [-0.1, -0.05) is 12.1 Å². The third-order valence-corrected chi connectivity index (χ3v) is 4.33. The summed E-state index contributed by atoms with van der Waals surface area (Å²) in [4.78, 5) is 17.6. The van der Waals surface area contributed by atoms with Gasteiger partial charge in [0.2, 0.25) is 5.91 Å². The highest BCUT2D eigenvalue weighted by Gasteiger charge is 2.24. The van der Waals surface area contributed by atoms with Gasteiger partial charge in [-0.05, 0) is 30.2 Å². The lowest BCUT2D eigenvalue weighted by Crippen LogP contribution is -2.24. The van der Waals surface area contributed by atoms with E-state index >= 15 is 0 Å². The van der Waals surface area contributed by atoms with Crippen LogP contribution in [-0.2, 0) is 17.9 Å². The van der Waals surface area contributed by atoms with Crippen molar-refractivity contribution in [3.05, 3.63) is 59.4 Å². The highest BCUT2D eigenvalue weighted by atomic mass is 16.5. The summed E-state index contributed by atoms with van der Waals surface area (Å²) >= 11 is 0. The molecule has 0 radical (unpaired) electrons. The molecule has 1 fully saturated rings. The van der Waals surface area contributed by atoms with Gasteiger partial charge in [-0.25, -0.2) is 0 Å². The van der Waals surface area contributed by atoms with E-state index < -0.39 is 0 Å². The van der Waals surface area contributed by atoms with E-state index in [1.54, 1.807) is 6.20 Å². The first-order chi connectivity index (χ1) is 12.6. The molecule has 1 aliphatic heterocycles. The Labute approximate surface area is 153 Å². The Morgan fingerprint density at radius 3 is 2.92 bits per heavy atom. The molecule has 6 nitrogen and oxygen atoms in total. The summed E-state index contributed by atoms with van der Waals surface area (Å²) in [6, 6.07) is 13.6. The number of pyridine rings is 1. The van der Waals surface area contributed by atoms with Gasteiger partial charge in [-0.3, -0.25) is 14.7 Å².